The van der Waals surface area contributed by atoms with Crippen molar-refractivity contribution in [3.05, 3.63) is 23.7 Å². The lowest BCUT2D eigenvalue weighted by Gasteiger charge is -2.01. The molecule has 1 N–H and O–H groups in total. The first-order chi connectivity index (χ1) is 5.20. The van der Waals surface area contributed by atoms with Crippen LogP contribution in [0.3, 0.4) is 0 Å². The standard InChI is InChI=1S/C9H14O2/c1-7(10)3-4-9-5-6-11-8(9)2/h5-7,10H,3-4H2,1-2H3/t7-/m1/s1. The molecule has 1 aromatic rings. The summed E-state index contributed by atoms with van der Waals surface area (Å²) < 4.78 is 5.12. The van der Waals surface area contributed by atoms with Crippen LogP contribution in [0, 0.1) is 6.92 Å². The van der Waals surface area contributed by atoms with Crippen LogP contribution >= 0.6 is 0 Å². The van der Waals surface area contributed by atoms with Gasteiger partial charge in [-0.05, 0) is 38.3 Å². The van der Waals surface area contributed by atoms with Crippen LogP contribution in [0.1, 0.15) is 24.7 Å². The molecule has 62 valence electrons. The van der Waals surface area contributed by atoms with Gasteiger partial charge in [0.25, 0.3) is 0 Å². The van der Waals surface area contributed by atoms with Crippen molar-refractivity contribution in [1.82, 2.24) is 0 Å². The zero-order valence-corrected chi connectivity index (χ0v) is 7.00. The van der Waals surface area contributed by atoms with Crippen molar-refractivity contribution in [1.29, 1.82) is 0 Å². The predicted octanol–water partition coefficient (Wildman–Crippen LogP) is 1.90. The van der Waals surface area contributed by atoms with E-state index in [4.69, 9.17) is 9.52 Å². The number of rotatable bonds is 3. The number of furan rings is 1. The first-order valence-corrected chi connectivity index (χ1v) is 3.91. The summed E-state index contributed by atoms with van der Waals surface area (Å²) in [5.41, 5.74) is 1.20. The molecule has 0 bridgehead atoms. The molecule has 0 aliphatic carbocycles. The monoisotopic (exact) mass is 154 g/mol. The second-order valence-electron chi connectivity index (χ2n) is 2.89. The van der Waals surface area contributed by atoms with Crippen LogP contribution in [0.5, 0.6) is 0 Å². The van der Waals surface area contributed by atoms with Crippen LogP contribution in [0.4, 0.5) is 0 Å². The normalized spacial score (nSPS) is 13.4. The molecule has 0 saturated heterocycles. The van der Waals surface area contributed by atoms with Gasteiger partial charge in [-0.15, -0.1) is 0 Å². The lowest BCUT2D eigenvalue weighted by Crippen LogP contribution is -2.01. The second-order valence-corrected chi connectivity index (χ2v) is 2.89. The molecule has 0 aliphatic rings. The average molecular weight is 154 g/mol. The van der Waals surface area contributed by atoms with Crippen molar-refractivity contribution in [2.75, 3.05) is 0 Å². The number of aryl methyl sites for hydroxylation is 2. The highest BCUT2D eigenvalue weighted by Crippen LogP contribution is 2.11. The molecule has 11 heavy (non-hydrogen) atoms. The maximum Gasteiger partial charge on any atom is 0.103 e. The van der Waals surface area contributed by atoms with Crippen molar-refractivity contribution in [2.24, 2.45) is 0 Å². The van der Waals surface area contributed by atoms with E-state index in [1.165, 1.54) is 5.56 Å². The lowest BCUT2D eigenvalue weighted by molar-refractivity contribution is 0.185. The van der Waals surface area contributed by atoms with Gasteiger partial charge in [0.15, 0.2) is 0 Å². The molecule has 1 rings (SSSR count). The van der Waals surface area contributed by atoms with Crippen LogP contribution in [-0.2, 0) is 6.42 Å². The summed E-state index contributed by atoms with van der Waals surface area (Å²) in [7, 11) is 0. The minimum atomic E-state index is -0.218. The van der Waals surface area contributed by atoms with Crippen molar-refractivity contribution in [2.45, 2.75) is 32.8 Å². The van der Waals surface area contributed by atoms with E-state index in [0.29, 0.717) is 0 Å². The van der Waals surface area contributed by atoms with E-state index in [1.807, 2.05) is 13.0 Å². The molecule has 0 aliphatic heterocycles. The zero-order chi connectivity index (χ0) is 8.27. The lowest BCUT2D eigenvalue weighted by atomic mass is 10.1. The molecule has 0 saturated carbocycles. The van der Waals surface area contributed by atoms with Gasteiger partial charge in [-0.2, -0.15) is 0 Å². The third-order valence-corrected chi connectivity index (χ3v) is 1.80. The van der Waals surface area contributed by atoms with Crippen molar-refractivity contribution in [3.8, 4) is 0 Å². The summed E-state index contributed by atoms with van der Waals surface area (Å²) in [6.07, 6.45) is 3.18. The van der Waals surface area contributed by atoms with Gasteiger partial charge in [0, 0.05) is 0 Å². The summed E-state index contributed by atoms with van der Waals surface area (Å²) in [6.45, 7) is 3.74. The first-order valence-electron chi connectivity index (χ1n) is 3.91. The van der Waals surface area contributed by atoms with Gasteiger partial charge < -0.3 is 9.52 Å². The predicted molar refractivity (Wildman–Crippen MR) is 43.4 cm³/mol. The van der Waals surface area contributed by atoms with Gasteiger partial charge in [0.2, 0.25) is 0 Å². The van der Waals surface area contributed by atoms with Crippen molar-refractivity contribution in [3.63, 3.8) is 0 Å². The topological polar surface area (TPSA) is 33.4 Å². The minimum Gasteiger partial charge on any atom is -0.469 e. The smallest absolute Gasteiger partial charge is 0.103 e. The summed E-state index contributed by atoms with van der Waals surface area (Å²) in [4.78, 5) is 0. The van der Waals surface area contributed by atoms with E-state index >= 15 is 0 Å². The first kappa shape index (κ1) is 8.34. The Morgan fingerprint density at radius 2 is 2.36 bits per heavy atom. The third-order valence-electron chi connectivity index (χ3n) is 1.80. The summed E-state index contributed by atoms with van der Waals surface area (Å²) >= 11 is 0. The second kappa shape index (κ2) is 3.58. The Labute approximate surface area is 66.8 Å². The van der Waals surface area contributed by atoms with E-state index in [0.717, 1.165) is 18.6 Å². The number of aliphatic hydroxyl groups excluding tert-OH is 1. The molecule has 0 spiro atoms. The van der Waals surface area contributed by atoms with Gasteiger partial charge in [0.1, 0.15) is 5.76 Å². The Morgan fingerprint density at radius 3 is 2.82 bits per heavy atom. The summed E-state index contributed by atoms with van der Waals surface area (Å²) in [6, 6.07) is 1.96. The van der Waals surface area contributed by atoms with Gasteiger partial charge in [0.05, 0.1) is 12.4 Å². The third kappa shape index (κ3) is 2.39. The molecule has 0 fully saturated rings. The van der Waals surface area contributed by atoms with E-state index in [2.05, 4.69) is 0 Å². The Balaban J connectivity index is 2.44. The van der Waals surface area contributed by atoms with Crippen LogP contribution in [0.25, 0.3) is 0 Å². The van der Waals surface area contributed by atoms with E-state index in [1.54, 1.807) is 13.2 Å². The van der Waals surface area contributed by atoms with E-state index in [9.17, 15) is 0 Å². The quantitative estimate of drug-likeness (QED) is 0.721. The minimum absolute atomic E-state index is 0.218. The molecular weight excluding hydrogens is 140 g/mol. The Hall–Kier alpha value is -0.760. The van der Waals surface area contributed by atoms with Crippen LogP contribution in [0.15, 0.2) is 16.7 Å². The highest BCUT2D eigenvalue weighted by atomic mass is 16.3. The molecular formula is C9H14O2. The Bertz CT molecular complexity index is 213. The van der Waals surface area contributed by atoms with Gasteiger partial charge >= 0.3 is 0 Å². The Morgan fingerprint density at radius 1 is 1.64 bits per heavy atom. The van der Waals surface area contributed by atoms with Crippen molar-refractivity contribution < 1.29 is 9.52 Å². The van der Waals surface area contributed by atoms with E-state index in [-0.39, 0.29) is 6.10 Å². The number of hydrogen-bond donors (Lipinski definition) is 1. The van der Waals surface area contributed by atoms with Crippen molar-refractivity contribution >= 4 is 0 Å². The van der Waals surface area contributed by atoms with E-state index < -0.39 is 0 Å². The molecule has 0 aromatic carbocycles. The molecule has 2 heteroatoms. The molecule has 0 amide bonds. The molecule has 0 unspecified atom stereocenters. The van der Waals surface area contributed by atoms with Gasteiger partial charge in [-0.1, -0.05) is 0 Å². The average Bonchev–Trinajstić information content (AvgIpc) is 2.31. The summed E-state index contributed by atoms with van der Waals surface area (Å²) in [5, 5.41) is 9.01. The molecule has 2 nitrogen and oxygen atoms in total. The number of aliphatic hydroxyl groups is 1. The fourth-order valence-corrected chi connectivity index (χ4v) is 1.04. The highest BCUT2D eigenvalue weighted by Gasteiger charge is 2.02. The highest BCUT2D eigenvalue weighted by molar-refractivity contribution is 5.15. The molecule has 1 aromatic heterocycles. The van der Waals surface area contributed by atoms with Crippen LogP contribution in [-0.4, -0.2) is 11.2 Å². The number of hydrogen-bond acceptors (Lipinski definition) is 2. The Kier molecular flexibility index (Phi) is 2.71. The maximum atomic E-state index is 9.01. The van der Waals surface area contributed by atoms with Gasteiger partial charge in [-0.3, -0.25) is 0 Å². The van der Waals surface area contributed by atoms with Crippen LogP contribution in [0.2, 0.25) is 0 Å². The van der Waals surface area contributed by atoms with Crippen LogP contribution < -0.4 is 0 Å². The molecule has 1 atom stereocenters. The fourth-order valence-electron chi connectivity index (χ4n) is 1.04. The largest absolute Gasteiger partial charge is 0.469 e. The summed E-state index contributed by atoms with van der Waals surface area (Å²) in [5.74, 6) is 0.964. The van der Waals surface area contributed by atoms with Gasteiger partial charge in [-0.25, -0.2) is 0 Å². The molecule has 1 heterocycles. The SMILES string of the molecule is Cc1occc1CC[C@@H](C)O. The fraction of sp³-hybridized carbons (Fsp3) is 0.556. The molecule has 0 radical (unpaired) electrons. The maximum absolute atomic E-state index is 9.01. The zero-order valence-electron chi connectivity index (χ0n) is 7.00.